The van der Waals surface area contributed by atoms with Crippen LogP contribution in [0, 0.1) is 5.92 Å². The summed E-state index contributed by atoms with van der Waals surface area (Å²) in [6.07, 6.45) is 9.03. The molecule has 0 aromatic heterocycles. The first kappa shape index (κ1) is 14.4. The second-order valence-electron chi connectivity index (χ2n) is 4.33. The number of rotatable bonds is 6. The Balaban J connectivity index is 2.77. The summed E-state index contributed by atoms with van der Waals surface area (Å²) in [5, 5.41) is 9.06. The van der Waals surface area contributed by atoms with E-state index in [9.17, 15) is 8.42 Å². The van der Waals surface area contributed by atoms with E-state index in [-0.39, 0.29) is 12.5 Å². The fourth-order valence-corrected chi connectivity index (χ4v) is 2.82. The topological polar surface area (TPSA) is 63.6 Å². The summed E-state index contributed by atoms with van der Waals surface area (Å²) in [6.45, 7) is 1.77. The van der Waals surface area contributed by atoms with Gasteiger partial charge >= 0.3 is 0 Å². The Hall–Kier alpha value is -0.650. The summed E-state index contributed by atoms with van der Waals surface area (Å²) in [6, 6.07) is 0. The van der Waals surface area contributed by atoms with Crippen LogP contribution < -0.4 is 0 Å². The lowest BCUT2D eigenvalue weighted by Crippen LogP contribution is -2.26. The van der Waals surface area contributed by atoms with Gasteiger partial charge < -0.3 is 5.11 Å². The zero-order chi connectivity index (χ0) is 12.9. The molecule has 0 bridgehead atoms. The summed E-state index contributed by atoms with van der Waals surface area (Å²) in [7, 11) is -3.45. The number of hydrogen-bond acceptors (Lipinski definition) is 4. The van der Waals surface area contributed by atoms with E-state index in [4.69, 9.17) is 9.29 Å². The summed E-state index contributed by atoms with van der Waals surface area (Å²) < 4.78 is 27.2. The standard InChI is InChI=1S/C12H20O4S/c1-10(16-17(2,14)15)12(8-9-13)11-6-4-3-5-7-11/h3-4,6,10,12-13H,5,7-9H2,1-2H3. The van der Waals surface area contributed by atoms with Gasteiger partial charge in [-0.3, -0.25) is 4.18 Å². The molecule has 17 heavy (non-hydrogen) atoms. The Morgan fingerprint density at radius 2 is 2.24 bits per heavy atom. The first-order chi connectivity index (χ1) is 7.94. The van der Waals surface area contributed by atoms with Crippen LogP contribution in [-0.2, 0) is 14.3 Å². The minimum absolute atomic E-state index is 0.0309. The van der Waals surface area contributed by atoms with Crippen molar-refractivity contribution in [3.63, 3.8) is 0 Å². The zero-order valence-electron chi connectivity index (χ0n) is 10.3. The smallest absolute Gasteiger partial charge is 0.264 e. The van der Waals surface area contributed by atoms with E-state index >= 15 is 0 Å². The highest BCUT2D eigenvalue weighted by atomic mass is 32.2. The van der Waals surface area contributed by atoms with Crippen molar-refractivity contribution in [2.75, 3.05) is 12.9 Å². The Labute approximate surface area is 103 Å². The van der Waals surface area contributed by atoms with Gasteiger partial charge in [-0.2, -0.15) is 8.42 Å². The molecule has 0 aliphatic heterocycles. The van der Waals surface area contributed by atoms with E-state index in [0.717, 1.165) is 24.7 Å². The minimum atomic E-state index is -3.45. The Morgan fingerprint density at radius 1 is 1.53 bits per heavy atom. The van der Waals surface area contributed by atoms with Gasteiger partial charge in [0.1, 0.15) is 0 Å². The average molecular weight is 260 g/mol. The molecule has 1 aliphatic rings. The normalized spacial score (nSPS) is 19.8. The van der Waals surface area contributed by atoms with Crippen LogP contribution in [0.4, 0.5) is 0 Å². The Morgan fingerprint density at radius 3 is 2.71 bits per heavy atom. The molecule has 0 radical (unpaired) electrons. The molecule has 0 saturated carbocycles. The quantitative estimate of drug-likeness (QED) is 0.737. The van der Waals surface area contributed by atoms with Crippen molar-refractivity contribution < 1.29 is 17.7 Å². The molecule has 4 nitrogen and oxygen atoms in total. The molecule has 1 aliphatic carbocycles. The van der Waals surface area contributed by atoms with Crippen LogP contribution in [0.2, 0.25) is 0 Å². The van der Waals surface area contributed by atoms with Crippen molar-refractivity contribution in [3.05, 3.63) is 23.8 Å². The first-order valence-electron chi connectivity index (χ1n) is 5.78. The molecule has 2 unspecified atom stereocenters. The molecule has 0 fully saturated rings. The van der Waals surface area contributed by atoms with Crippen molar-refractivity contribution in [3.8, 4) is 0 Å². The molecular weight excluding hydrogens is 240 g/mol. The molecule has 98 valence electrons. The molecule has 0 heterocycles. The Kier molecular flexibility index (Phi) is 5.36. The van der Waals surface area contributed by atoms with Crippen LogP contribution in [0.5, 0.6) is 0 Å². The van der Waals surface area contributed by atoms with Gasteiger partial charge in [-0.15, -0.1) is 0 Å². The lowest BCUT2D eigenvalue weighted by Gasteiger charge is -2.26. The van der Waals surface area contributed by atoms with Crippen molar-refractivity contribution in [1.82, 2.24) is 0 Å². The van der Waals surface area contributed by atoms with Gasteiger partial charge in [-0.1, -0.05) is 23.8 Å². The molecular formula is C12H20O4S. The molecule has 0 amide bonds. The predicted molar refractivity (Wildman–Crippen MR) is 67.0 cm³/mol. The predicted octanol–water partition coefficient (Wildman–Crippen LogP) is 1.63. The highest BCUT2D eigenvalue weighted by Crippen LogP contribution is 2.28. The minimum Gasteiger partial charge on any atom is -0.396 e. The van der Waals surface area contributed by atoms with E-state index in [1.807, 2.05) is 12.2 Å². The summed E-state index contributed by atoms with van der Waals surface area (Å²) >= 11 is 0. The third kappa shape index (κ3) is 5.02. The average Bonchev–Trinajstić information content (AvgIpc) is 2.24. The summed E-state index contributed by atoms with van der Waals surface area (Å²) in [5.74, 6) is -0.0420. The van der Waals surface area contributed by atoms with Crippen LogP contribution in [-0.4, -0.2) is 32.5 Å². The van der Waals surface area contributed by atoms with E-state index in [1.54, 1.807) is 6.92 Å². The number of allylic oxidation sites excluding steroid dienone is 3. The third-order valence-electron chi connectivity index (χ3n) is 2.86. The largest absolute Gasteiger partial charge is 0.396 e. The second-order valence-corrected chi connectivity index (χ2v) is 5.93. The van der Waals surface area contributed by atoms with Crippen LogP contribution in [0.25, 0.3) is 0 Å². The van der Waals surface area contributed by atoms with E-state index < -0.39 is 16.2 Å². The molecule has 0 aromatic rings. The molecule has 5 heteroatoms. The summed E-state index contributed by atoms with van der Waals surface area (Å²) in [4.78, 5) is 0. The fourth-order valence-electron chi connectivity index (χ4n) is 2.13. The van der Waals surface area contributed by atoms with Crippen LogP contribution in [0.15, 0.2) is 23.8 Å². The second kappa shape index (κ2) is 6.33. The number of hydrogen-bond donors (Lipinski definition) is 1. The maximum atomic E-state index is 11.1. The van der Waals surface area contributed by atoms with E-state index in [0.29, 0.717) is 6.42 Å². The van der Waals surface area contributed by atoms with Crippen molar-refractivity contribution in [1.29, 1.82) is 0 Å². The van der Waals surface area contributed by atoms with Crippen LogP contribution in [0.1, 0.15) is 26.2 Å². The van der Waals surface area contributed by atoms with Crippen molar-refractivity contribution in [2.24, 2.45) is 5.92 Å². The summed E-state index contributed by atoms with van der Waals surface area (Å²) in [5.41, 5.74) is 1.15. The number of aliphatic hydroxyl groups excluding tert-OH is 1. The van der Waals surface area contributed by atoms with E-state index in [2.05, 4.69) is 6.08 Å². The first-order valence-corrected chi connectivity index (χ1v) is 7.60. The maximum Gasteiger partial charge on any atom is 0.264 e. The monoisotopic (exact) mass is 260 g/mol. The molecule has 0 spiro atoms. The highest BCUT2D eigenvalue weighted by molar-refractivity contribution is 7.86. The van der Waals surface area contributed by atoms with Crippen molar-refractivity contribution >= 4 is 10.1 Å². The van der Waals surface area contributed by atoms with Gasteiger partial charge in [0.05, 0.1) is 12.4 Å². The van der Waals surface area contributed by atoms with E-state index in [1.165, 1.54) is 0 Å². The molecule has 0 saturated heterocycles. The lowest BCUT2D eigenvalue weighted by molar-refractivity contribution is 0.150. The molecule has 1 N–H and O–H groups in total. The van der Waals surface area contributed by atoms with Gasteiger partial charge in [0.2, 0.25) is 0 Å². The lowest BCUT2D eigenvalue weighted by atomic mass is 9.86. The SMILES string of the molecule is CC(OS(C)(=O)=O)C(CCO)C1=CC=CCC1. The molecule has 0 aromatic carbocycles. The van der Waals surface area contributed by atoms with Gasteiger partial charge in [0, 0.05) is 12.5 Å². The van der Waals surface area contributed by atoms with Gasteiger partial charge in [0.15, 0.2) is 0 Å². The zero-order valence-corrected chi connectivity index (χ0v) is 11.1. The molecule has 1 rings (SSSR count). The van der Waals surface area contributed by atoms with Gasteiger partial charge in [-0.25, -0.2) is 0 Å². The maximum absolute atomic E-state index is 11.1. The fraction of sp³-hybridized carbons (Fsp3) is 0.667. The van der Waals surface area contributed by atoms with Gasteiger partial charge in [0.25, 0.3) is 10.1 Å². The molecule has 2 atom stereocenters. The van der Waals surface area contributed by atoms with Gasteiger partial charge in [-0.05, 0) is 26.2 Å². The van der Waals surface area contributed by atoms with Crippen molar-refractivity contribution in [2.45, 2.75) is 32.3 Å². The van der Waals surface area contributed by atoms with Crippen LogP contribution in [0.3, 0.4) is 0 Å². The Bertz CT molecular complexity index is 395. The number of aliphatic hydroxyl groups is 1. The third-order valence-corrected chi connectivity index (χ3v) is 3.51. The highest BCUT2D eigenvalue weighted by Gasteiger charge is 2.24. The van der Waals surface area contributed by atoms with Crippen LogP contribution >= 0.6 is 0 Å².